The van der Waals surface area contributed by atoms with Gasteiger partial charge in [-0.15, -0.1) is 0 Å². The number of hydrogen-bond acceptors (Lipinski definition) is 9. The molecule has 1 saturated heterocycles. The summed E-state index contributed by atoms with van der Waals surface area (Å²) in [4.78, 5) is 21.6. The molecule has 0 aliphatic carbocycles. The van der Waals surface area contributed by atoms with Gasteiger partial charge in [0.1, 0.15) is 11.0 Å². The summed E-state index contributed by atoms with van der Waals surface area (Å²) in [7, 11) is 0. The van der Waals surface area contributed by atoms with Crippen LogP contribution in [0.15, 0.2) is 39.9 Å². The molecule has 1 aromatic heterocycles. The highest BCUT2D eigenvalue weighted by Gasteiger charge is 2.31. The number of nitrogens with one attached hydrogen (secondary N) is 1. The average molecular weight is 362 g/mol. The molecule has 2 aromatic rings. The second-order valence-corrected chi connectivity index (χ2v) is 5.35. The molecule has 136 valence electrons. The van der Waals surface area contributed by atoms with Gasteiger partial charge in [-0.05, 0) is 18.2 Å². The maximum Gasteiger partial charge on any atom is 0.433 e. The number of phenols is 2. The van der Waals surface area contributed by atoms with E-state index in [4.69, 9.17) is 9.15 Å². The van der Waals surface area contributed by atoms with Gasteiger partial charge in [0.2, 0.25) is 0 Å². The van der Waals surface area contributed by atoms with E-state index in [-0.39, 0.29) is 30.3 Å². The smallest absolute Gasteiger partial charge is 0.433 e. The van der Waals surface area contributed by atoms with Crippen LogP contribution in [0, 0.1) is 10.1 Å². The first-order valence-electron chi connectivity index (χ1n) is 7.44. The minimum absolute atomic E-state index is 0.130. The number of amides is 1. The van der Waals surface area contributed by atoms with Crippen molar-refractivity contribution in [3.63, 3.8) is 0 Å². The number of nitrogens with zero attached hydrogens (tertiary/aromatic N) is 3. The van der Waals surface area contributed by atoms with Crippen molar-refractivity contribution in [1.29, 1.82) is 0 Å². The van der Waals surface area contributed by atoms with Gasteiger partial charge in [0.15, 0.2) is 17.3 Å². The number of hydrogen-bond donors (Lipinski definition) is 3. The molecule has 1 aliphatic heterocycles. The fourth-order valence-corrected chi connectivity index (χ4v) is 2.21. The Kier molecular flexibility index (Phi) is 4.60. The summed E-state index contributed by atoms with van der Waals surface area (Å²) in [5.41, 5.74) is 0.543. The van der Waals surface area contributed by atoms with E-state index >= 15 is 0 Å². The summed E-state index contributed by atoms with van der Waals surface area (Å²) in [6, 6.07) is 6.78. The predicted molar refractivity (Wildman–Crippen MR) is 88.2 cm³/mol. The second kappa shape index (κ2) is 7.01. The number of carbonyl (C=O) groups excluding carboxylic acids is 1. The van der Waals surface area contributed by atoms with Crippen LogP contribution < -0.4 is 5.32 Å². The van der Waals surface area contributed by atoms with Gasteiger partial charge >= 0.3 is 12.0 Å². The molecule has 0 radical (unpaired) electrons. The average Bonchev–Trinajstić information content (AvgIpc) is 3.21. The van der Waals surface area contributed by atoms with Gasteiger partial charge in [-0.2, -0.15) is 10.1 Å². The van der Waals surface area contributed by atoms with Crippen LogP contribution in [-0.2, 0) is 4.74 Å². The molecule has 1 atom stereocenters. The van der Waals surface area contributed by atoms with E-state index in [1.807, 2.05) is 0 Å². The summed E-state index contributed by atoms with van der Waals surface area (Å²) >= 11 is 0. The van der Waals surface area contributed by atoms with Crippen LogP contribution in [-0.4, -0.2) is 51.6 Å². The third-order valence-corrected chi connectivity index (χ3v) is 3.48. The van der Waals surface area contributed by atoms with E-state index in [9.17, 15) is 25.1 Å². The van der Waals surface area contributed by atoms with E-state index in [1.165, 1.54) is 30.5 Å². The Labute approximate surface area is 146 Å². The largest absolute Gasteiger partial charge is 0.504 e. The standard InChI is InChI=1S/C15H14N4O7/c20-12-3-1-9(5-13(12)21)16-6-11-8-18(15(22)26-11)17-7-10-2-4-14(25-10)19(23)24/h1-5,7,11,16,20-21H,6,8H2/t11-/m1/s1. The van der Waals surface area contributed by atoms with Gasteiger partial charge in [0.25, 0.3) is 0 Å². The third-order valence-electron chi connectivity index (χ3n) is 3.48. The quantitative estimate of drug-likeness (QED) is 0.232. The number of nitro groups is 1. The Morgan fingerprint density at radius 2 is 2.15 bits per heavy atom. The van der Waals surface area contributed by atoms with Crippen LogP contribution >= 0.6 is 0 Å². The number of anilines is 1. The number of hydrazone groups is 1. The topological polar surface area (TPSA) is 151 Å². The number of aromatic hydroxyl groups is 2. The van der Waals surface area contributed by atoms with Gasteiger partial charge in [-0.1, -0.05) is 0 Å². The van der Waals surface area contributed by atoms with Crippen molar-refractivity contribution in [2.45, 2.75) is 6.10 Å². The lowest BCUT2D eigenvalue weighted by Crippen LogP contribution is -2.24. The summed E-state index contributed by atoms with van der Waals surface area (Å²) in [5.74, 6) is -0.793. The van der Waals surface area contributed by atoms with Gasteiger partial charge < -0.3 is 24.7 Å². The molecule has 0 bridgehead atoms. The van der Waals surface area contributed by atoms with E-state index in [0.717, 1.165) is 5.01 Å². The minimum Gasteiger partial charge on any atom is -0.504 e. The van der Waals surface area contributed by atoms with Crippen LogP contribution in [0.2, 0.25) is 0 Å². The highest BCUT2D eigenvalue weighted by Crippen LogP contribution is 2.27. The van der Waals surface area contributed by atoms with Crippen molar-refractivity contribution in [1.82, 2.24) is 5.01 Å². The zero-order chi connectivity index (χ0) is 18.7. The van der Waals surface area contributed by atoms with Crippen LogP contribution in [0.5, 0.6) is 11.5 Å². The molecule has 11 heteroatoms. The monoisotopic (exact) mass is 362 g/mol. The Bertz CT molecular complexity index is 863. The number of ether oxygens (including phenoxy) is 1. The lowest BCUT2D eigenvalue weighted by atomic mass is 10.2. The first-order valence-corrected chi connectivity index (χ1v) is 7.44. The van der Waals surface area contributed by atoms with E-state index in [1.54, 1.807) is 6.07 Å². The first kappa shape index (κ1) is 17.1. The molecule has 0 unspecified atom stereocenters. The zero-order valence-corrected chi connectivity index (χ0v) is 13.2. The molecular formula is C15H14N4O7. The fourth-order valence-electron chi connectivity index (χ4n) is 2.21. The maximum atomic E-state index is 11.8. The van der Waals surface area contributed by atoms with Gasteiger partial charge in [0, 0.05) is 11.8 Å². The molecule has 11 nitrogen and oxygen atoms in total. The Balaban J connectivity index is 1.55. The number of carbonyl (C=O) groups is 1. The van der Waals surface area contributed by atoms with Gasteiger partial charge in [-0.25, -0.2) is 4.79 Å². The van der Waals surface area contributed by atoms with Crippen molar-refractivity contribution >= 4 is 23.9 Å². The SMILES string of the molecule is O=C1O[C@H](CNc2ccc(O)c(O)c2)CN1N=Cc1ccc([N+](=O)[O-])o1. The normalized spacial score (nSPS) is 16.8. The molecule has 1 aromatic carbocycles. The molecular weight excluding hydrogens is 348 g/mol. The summed E-state index contributed by atoms with van der Waals surface area (Å²) < 4.78 is 10.1. The van der Waals surface area contributed by atoms with E-state index in [2.05, 4.69) is 10.4 Å². The number of phenolic OH excluding ortho intramolecular Hbond substituents is 2. The number of cyclic esters (lactones) is 1. The Morgan fingerprint density at radius 3 is 2.85 bits per heavy atom. The van der Waals surface area contributed by atoms with E-state index < -0.39 is 23.0 Å². The molecule has 2 heterocycles. The molecule has 3 rings (SSSR count). The zero-order valence-electron chi connectivity index (χ0n) is 13.2. The molecule has 0 saturated carbocycles. The number of furan rings is 1. The predicted octanol–water partition coefficient (Wildman–Crippen LogP) is 1.87. The van der Waals surface area contributed by atoms with Crippen LogP contribution in [0.25, 0.3) is 0 Å². The van der Waals surface area contributed by atoms with Crippen LogP contribution in [0.1, 0.15) is 5.76 Å². The van der Waals surface area contributed by atoms with Crippen molar-refractivity contribution in [2.24, 2.45) is 5.10 Å². The molecule has 0 spiro atoms. The van der Waals surface area contributed by atoms with Crippen molar-refractivity contribution < 1.29 is 29.1 Å². The molecule has 26 heavy (non-hydrogen) atoms. The molecule has 1 aliphatic rings. The summed E-state index contributed by atoms with van der Waals surface area (Å²) in [6.45, 7) is 0.420. The highest BCUT2D eigenvalue weighted by atomic mass is 16.6. The van der Waals surface area contributed by atoms with Gasteiger partial charge in [-0.3, -0.25) is 10.1 Å². The van der Waals surface area contributed by atoms with Crippen LogP contribution in [0.4, 0.5) is 16.4 Å². The van der Waals surface area contributed by atoms with Crippen LogP contribution in [0.3, 0.4) is 0 Å². The highest BCUT2D eigenvalue weighted by molar-refractivity contribution is 5.78. The van der Waals surface area contributed by atoms with Crippen molar-refractivity contribution in [3.05, 3.63) is 46.2 Å². The first-order chi connectivity index (χ1) is 12.4. The Morgan fingerprint density at radius 1 is 1.35 bits per heavy atom. The lowest BCUT2D eigenvalue weighted by molar-refractivity contribution is -0.402. The number of benzene rings is 1. The van der Waals surface area contributed by atoms with E-state index in [0.29, 0.717) is 5.69 Å². The molecule has 1 amide bonds. The summed E-state index contributed by atoms with van der Waals surface area (Å²) in [5, 5.41) is 37.2. The maximum absolute atomic E-state index is 11.8. The minimum atomic E-state index is -0.676. The fraction of sp³-hybridized carbons (Fsp3) is 0.200. The lowest BCUT2D eigenvalue weighted by Gasteiger charge is -2.11. The third kappa shape index (κ3) is 3.83. The number of rotatable bonds is 6. The Hall–Kier alpha value is -3.76. The van der Waals surface area contributed by atoms with Crippen molar-refractivity contribution in [3.8, 4) is 11.5 Å². The van der Waals surface area contributed by atoms with Gasteiger partial charge in [0.05, 0.1) is 25.4 Å². The molecule has 3 N–H and O–H groups in total. The molecule has 1 fully saturated rings. The summed E-state index contributed by atoms with van der Waals surface area (Å²) in [6.07, 6.45) is 0.0198. The second-order valence-electron chi connectivity index (χ2n) is 5.35. The van der Waals surface area contributed by atoms with Crippen molar-refractivity contribution in [2.75, 3.05) is 18.4 Å².